The van der Waals surface area contributed by atoms with Crippen LogP contribution in [-0.4, -0.2) is 73.4 Å². The third-order valence-electron chi connectivity index (χ3n) is 11.2. The fraction of sp³-hybridized carbons (Fsp3) is 0.759. The number of rotatable bonds is 46. The third kappa shape index (κ3) is 47.7. The van der Waals surface area contributed by atoms with Crippen molar-refractivity contribution in [2.45, 2.75) is 225 Å². The van der Waals surface area contributed by atoms with Crippen molar-refractivity contribution in [1.82, 2.24) is 5.32 Å². The first-order chi connectivity index (χ1) is 30.5. The van der Waals surface area contributed by atoms with Crippen molar-refractivity contribution in [3.63, 3.8) is 0 Å². The molecule has 0 aliphatic heterocycles. The number of aliphatic hydroxyl groups is 1. The SMILES string of the molecule is CC/C=C\C/C=C\C/C=C\C/C=C\C/C=C\C/C=C\CCCCCCCCCCCCCCCCCCC(=O)NC(COP(=O)(O)OCC[N+](C)(C)C)C(O)CCCCCCCC. The summed E-state index contributed by atoms with van der Waals surface area (Å²) in [6.45, 7) is 4.70. The van der Waals surface area contributed by atoms with E-state index in [1.807, 2.05) is 21.1 Å². The highest BCUT2D eigenvalue weighted by atomic mass is 31.2. The molecule has 0 aromatic heterocycles. The number of likely N-dealkylation sites (N-methyl/N-ethyl adjacent to an activating group) is 1. The number of hydrogen-bond donors (Lipinski definition) is 3. The monoisotopic (exact) mass is 904 g/mol. The normalized spacial score (nSPS) is 14.7. The molecule has 0 aliphatic carbocycles. The molecule has 3 unspecified atom stereocenters. The van der Waals surface area contributed by atoms with Gasteiger partial charge < -0.3 is 19.8 Å². The summed E-state index contributed by atoms with van der Waals surface area (Å²) in [7, 11) is 1.61. The zero-order chi connectivity index (χ0) is 46.4. The molecule has 0 rings (SSSR count). The largest absolute Gasteiger partial charge is 0.472 e. The van der Waals surface area contributed by atoms with Crippen LogP contribution in [0.5, 0.6) is 0 Å². The molecule has 63 heavy (non-hydrogen) atoms. The van der Waals surface area contributed by atoms with E-state index in [0.29, 0.717) is 23.9 Å². The summed E-state index contributed by atoms with van der Waals surface area (Å²) in [4.78, 5) is 23.1. The molecule has 0 heterocycles. The number of phosphoric ester groups is 1. The van der Waals surface area contributed by atoms with Gasteiger partial charge in [0.2, 0.25) is 5.91 Å². The van der Waals surface area contributed by atoms with Gasteiger partial charge in [0.25, 0.3) is 0 Å². The number of hydrogen-bond acceptors (Lipinski definition) is 5. The Bertz CT molecular complexity index is 1250. The van der Waals surface area contributed by atoms with Crippen LogP contribution in [0.25, 0.3) is 0 Å². The topological polar surface area (TPSA) is 105 Å². The smallest absolute Gasteiger partial charge is 0.391 e. The van der Waals surface area contributed by atoms with Crippen LogP contribution in [0.3, 0.4) is 0 Å². The lowest BCUT2D eigenvalue weighted by atomic mass is 10.0. The van der Waals surface area contributed by atoms with Gasteiger partial charge in [-0.1, -0.05) is 215 Å². The Labute approximate surface area is 389 Å². The zero-order valence-corrected chi connectivity index (χ0v) is 42.4. The lowest BCUT2D eigenvalue weighted by Gasteiger charge is -2.26. The number of nitrogens with one attached hydrogen (secondary N) is 1. The van der Waals surface area contributed by atoms with Crippen molar-refractivity contribution in [2.24, 2.45) is 0 Å². The molecule has 0 saturated heterocycles. The summed E-state index contributed by atoms with van der Waals surface area (Å²) >= 11 is 0. The van der Waals surface area contributed by atoms with Crippen LogP contribution in [0.2, 0.25) is 0 Å². The number of quaternary nitrogens is 1. The fourth-order valence-corrected chi connectivity index (χ4v) is 7.90. The van der Waals surface area contributed by atoms with Gasteiger partial charge in [0, 0.05) is 6.42 Å². The highest BCUT2D eigenvalue weighted by Gasteiger charge is 2.28. The van der Waals surface area contributed by atoms with E-state index in [9.17, 15) is 19.4 Å². The second kappa shape index (κ2) is 45.1. The van der Waals surface area contributed by atoms with E-state index in [4.69, 9.17) is 9.05 Å². The maximum absolute atomic E-state index is 12.8. The van der Waals surface area contributed by atoms with Crippen LogP contribution < -0.4 is 5.32 Å². The number of aliphatic hydroxyl groups excluding tert-OH is 1. The van der Waals surface area contributed by atoms with Crippen LogP contribution in [0.4, 0.5) is 0 Å². The van der Waals surface area contributed by atoms with Crippen molar-refractivity contribution in [2.75, 3.05) is 40.9 Å². The van der Waals surface area contributed by atoms with Gasteiger partial charge in [0.1, 0.15) is 13.2 Å². The summed E-state index contributed by atoms with van der Waals surface area (Å²) in [6, 6.07) is -0.759. The highest BCUT2D eigenvalue weighted by molar-refractivity contribution is 7.47. The average Bonchev–Trinajstić information content (AvgIpc) is 3.24. The molecule has 1 amide bonds. The zero-order valence-electron chi connectivity index (χ0n) is 41.5. The van der Waals surface area contributed by atoms with E-state index in [0.717, 1.165) is 77.0 Å². The van der Waals surface area contributed by atoms with E-state index in [1.54, 1.807) is 0 Å². The molecule has 0 bridgehead atoms. The summed E-state index contributed by atoms with van der Waals surface area (Å²) in [6.07, 6.45) is 61.4. The van der Waals surface area contributed by atoms with Crippen LogP contribution in [-0.2, 0) is 18.4 Å². The Balaban J connectivity index is 3.86. The molecule has 366 valence electrons. The summed E-state index contributed by atoms with van der Waals surface area (Å²) < 4.78 is 23.5. The number of carbonyl (C=O) groups is 1. The van der Waals surface area contributed by atoms with Crippen LogP contribution in [0.15, 0.2) is 72.9 Å². The van der Waals surface area contributed by atoms with E-state index in [-0.39, 0.29) is 19.1 Å². The Morgan fingerprint density at radius 2 is 0.952 bits per heavy atom. The predicted molar refractivity (Wildman–Crippen MR) is 272 cm³/mol. The molecule has 9 heteroatoms. The lowest BCUT2D eigenvalue weighted by Crippen LogP contribution is -2.46. The minimum Gasteiger partial charge on any atom is -0.391 e. The van der Waals surface area contributed by atoms with Gasteiger partial charge >= 0.3 is 7.82 Å². The van der Waals surface area contributed by atoms with E-state index in [2.05, 4.69) is 92.1 Å². The van der Waals surface area contributed by atoms with Crippen molar-refractivity contribution in [3.8, 4) is 0 Å². The lowest BCUT2D eigenvalue weighted by molar-refractivity contribution is -0.870. The minimum absolute atomic E-state index is 0.0725. The number of allylic oxidation sites excluding steroid dienone is 12. The first kappa shape index (κ1) is 60.9. The third-order valence-corrected chi connectivity index (χ3v) is 12.2. The first-order valence-corrected chi connectivity index (χ1v) is 27.3. The molecule has 3 atom stereocenters. The molecule has 0 saturated carbocycles. The van der Waals surface area contributed by atoms with Gasteiger partial charge in [-0.05, 0) is 64.2 Å². The fourth-order valence-electron chi connectivity index (χ4n) is 7.17. The first-order valence-electron chi connectivity index (χ1n) is 25.8. The standard InChI is InChI=1S/C54H99N2O6P/c1-6-8-10-12-14-15-16-17-18-19-20-21-22-23-24-25-26-27-28-29-30-31-32-33-34-35-36-37-38-39-40-41-42-44-46-48-54(58)55-52(53(57)47-45-43-13-11-9-7-2)51-62-63(59,60)61-50-49-56(3,4)5/h8,10,14-15,17-18,20-21,23-24,26-27,52-53,57H,6-7,9,11-13,16,19,22,25,28-51H2,1-5H3,(H-,55,58,59,60)/p+1/b10-8-,15-14-,18-17-,21-20-,24-23-,27-26-. The Kier molecular flexibility index (Phi) is 43.6. The molecule has 0 fully saturated rings. The molecular weight excluding hydrogens is 804 g/mol. The van der Waals surface area contributed by atoms with Gasteiger partial charge in [0.15, 0.2) is 0 Å². The van der Waals surface area contributed by atoms with Gasteiger partial charge in [-0.25, -0.2) is 4.57 Å². The molecule has 8 nitrogen and oxygen atoms in total. The number of nitrogens with zero attached hydrogens (tertiary/aromatic N) is 1. The molecule has 3 N–H and O–H groups in total. The maximum atomic E-state index is 12.8. The van der Waals surface area contributed by atoms with Gasteiger partial charge in [-0.15, -0.1) is 0 Å². The maximum Gasteiger partial charge on any atom is 0.472 e. The van der Waals surface area contributed by atoms with Crippen LogP contribution in [0.1, 0.15) is 213 Å². The number of phosphoric acid groups is 1. The van der Waals surface area contributed by atoms with Crippen molar-refractivity contribution >= 4 is 13.7 Å². The molecule has 0 aromatic carbocycles. The number of amides is 1. The van der Waals surface area contributed by atoms with E-state index < -0.39 is 20.0 Å². The van der Waals surface area contributed by atoms with Crippen molar-refractivity contribution in [3.05, 3.63) is 72.9 Å². The highest BCUT2D eigenvalue weighted by Crippen LogP contribution is 2.43. The quantitative estimate of drug-likeness (QED) is 0.0243. The van der Waals surface area contributed by atoms with E-state index in [1.165, 1.54) is 109 Å². The summed E-state index contributed by atoms with van der Waals surface area (Å²) in [5.41, 5.74) is 0. The Morgan fingerprint density at radius 3 is 1.40 bits per heavy atom. The summed E-state index contributed by atoms with van der Waals surface area (Å²) in [5, 5.41) is 13.8. The summed E-state index contributed by atoms with van der Waals surface area (Å²) in [5.74, 6) is -0.152. The average molecular weight is 904 g/mol. The molecule has 0 spiro atoms. The van der Waals surface area contributed by atoms with Gasteiger partial charge in [0.05, 0.1) is 39.9 Å². The van der Waals surface area contributed by atoms with Crippen LogP contribution in [0, 0.1) is 0 Å². The Morgan fingerprint density at radius 1 is 0.556 bits per heavy atom. The number of unbranched alkanes of at least 4 members (excludes halogenated alkanes) is 21. The number of carbonyl (C=O) groups excluding carboxylic acids is 1. The van der Waals surface area contributed by atoms with E-state index >= 15 is 0 Å². The molecule has 0 aromatic rings. The molecule has 0 aliphatic rings. The van der Waals surface area contributed by atoms with Gasteiger partial charge in [-0.3, -0.25) is 13.8 Å². The second-order valence-corrected chi connectivity index (χ2v) is 20.0. The van der Waals surface area contributed by atoms with Crippen molar-refractivity contribution < 1.29 is 32.9 Å². The molecular formula is C54H100N2O6P+. The van der Waals surface area contributed by atoms with Crippen LogP contribution >= 0.6 is 7.82 Å². The second-order valence-electron chi connectivity index (χ2n) is 18.5. The van der Waals surface area contributed by atoms with Gasteiger partial charge in [-0.2, -0.15) is 0 Å². The molecule has 0 radical (unpaired) electrons. The Hall–Kier alpha value is -2.06. The minimum atomic E-state index is -4.30. The van der Waals surface area contributed by atoms with Crippen molar-refractivity contribution in [1.29, 1.82) is 0 Å². The predicted octanol–water partition coefficient (Wildman–Crippen LogP) is 15.1.